The average Bonchev–Trinajstić information content (AvgIpc) is 3.53. The van der Waals surface area contributed by atoms with E-state index in [9.17, 15) is 0 Å². The predicted octanol–water partition coefficient (Wildman–Crippen LogP) is 13.4. The molecule has 1 aliphatic heterocycles. The number of para-hydroxylation sites is 4. The van der Waals surface area contributed by atoms with Crippen molar-refractivity contribution in [2.75, 3.05) is 4.90 Å². The first kappa shape index (κ1) is 29.1. The molecule has 240 valence electrons. The Morgan fingerprint density at radius 1 is 0.314 bits per heavy atom. The molecule has 2 heterocycles. The molecule has 9 aromatic rings. The lowest BCUT2D eigenvalue weighted by Crippen LogP contribution is -2.15. The summed E-state index contributed by atoms with van der Waals surface area (Å²) in [6.45, 7) is 0. The van der Waals surface area contributed by atoms with E-state index in [1.165, 1.54) is 38.6 Å². The van der Waals surface area contributed by atoms with E-state index < -0.39 is 0 Å². The summed E-state index contributed by atoms with van der Waals surface area (Å²) in [6, 6.07) is 69.1. The Morgan fingerprint density at radius 2 is 0.863 bits per heavy atom. The third-order valence-electron chi connectivity index (χ3n) is 9.94. The minimum Gasteiger partial charge on any atom is -0.453 e. The minimum absolute atomic E-state index is 0.829. The Hall–Kier alpha value is -6.84. The number of ether oxygens (including phenoxy) is 1. The van der Waals surface area contributed by atoms with Gasteiger partial charge in [-0.25, -0.2) is 0 Å². The largest absolute Gasteiger partial charge is 0.453 e. The maximum absolute atomic E-state index is 6.65. The Bertz CT molecular complexity index is 2730. The molecule has 0 saturated heterocycles. The van der Waals surface area contributed by atoms with Crippen molar-refractivity contribution in [3.63, 3.8) is 0 Å². The molecule has 0 fully saturated rings. The van der Waals surface area contributed by atoms with Gasteiger partial charge in [0.25, 0.3) is 0 Å². The Morgan fingerprint density at radius 3 is 1.61 bits per heavy atom. The van der Waals surface area contributed by atoms with Crippen LogP contribution in [0.2, 0.25) is 0 Å². The molecule has 3 heteroatoms. The average molecular weight is 653 g/mol. The number of hydrogen-bond donors (Lipinski definition) is 0. The summed E-state index contributed by atoms with van der Waals surface area (Å²) in [5, 5.41) is 2.38. The number of hydrogen-bond acceptors (Lipinski definition) is 2. The van der Waals surface area contributed by atoms with Crippen molar-refractivity contribution in [1.29, 1.82) is 0 Å². The summed E-state index contributed by atoms with van der Waals surface area (Å²) in [6.07, 6.45) is 0. The third kappa shape index (κ3) is 4.98. The molecule has 0 saturated carbocycles. The van der Waals surface area contributed by atoms with E-state index in [4.69, 9.17) is 4.74 Å². The standard InChI is InChI=1S/C48H32N2O/c1-3-14-33(15-4-1)34-16-11-17-35(28-34)36-18-12-19-37(29-36)38-20-13-23-40(30-38)50-43-25-8-7-24-41(43)42-31-46-48(32-45(42)50)51-47-27-10-9-26-44(47)49(46)39-21-5-2-6-22-39/h1-32H. The van der Waals surface area contributed by atoms with Crippen molar-refractivity contribution in [1.82, 2.24) is 4.57 Å². The van der Waals surface area contributed by atoms with E-state index in [2.05, 4.69) is 191 Å². The van der Waals surface area contributed by atoms with E-state index >= 15 is 0 Å². The van der Waals surface area contributed by atoms with Gasteiger partial charge in [0.2, 0.25) is 0 Å². The lowest BCUT2D eigenvalue weighted by molar-refractivity contribution is 0.477. The van der Waals surface area contributed by atoms with Crippen LogP contribution in [0.15, 0.2) is 194 Å². The monoisotopic (exact) mass is 652 g/mol. The molecule has 0 spiro atoms. The topological polar surface area (TPSA) is 17.4 Å². The second-order valence-corrected chi connectivity index (χ2v) is 13.0. The van der Waals surface area contributed by atoms with Gasteiger partial charge in [-0.05, 0) is 94.0 Å². The molecule has 10 rings (SSSR count). The first-order valence-corrected chi connectivity index (χ1v) is 17.3. The van der Waals surface area contributed by atoms with Gasteiger partial charge in [-0.15, -0.1) is 0 Å². The van der Waals surface area contributed by atoms with Gasteiger partial charge in [-0.2, -0.15) is 0 Å². The number of fused-ring (bicyclic) bond motifs is 5. The van der Waals surface area contributed by atoms with E-state index in [1.54, 1.807) is 0 Å². The Balaban J connectivity index is 1.10. The number of aromatic nitrogens is 1. The maximum Gasteiger partial charge on any atom is 0.153 e. The van der Waals surface area contributed by atoms with Crippen LogP contribution >= 0.6 is 0 Å². The highest BCUT2D eigenvalue weighted by Crippen LogP contribution is 2.52. The fourth-order valence-electron chi connectivity index (χ4n) is 7.56. The minimum atomic E-state index is 0.829. The molecule has 0 N–H and O–H groups in total. The summed E-state index contributed by atoms with van der Waals surface area (Å²) in [4.78, 5) is 2.31. The highest BCUT2D eigenvalue weighted by molar-refractivity contribution is 6.12. The van der Waals surface area contributed by atoms with Crippen molar-refractivity contribution in [2.45, 2.75) is 0 Å². The van der Waals surface area contributed by atoms with Gasteiger partial charge in [-0.1, -0.05) is 127 Å². The van der Waals surface area contributed by atoms with Crippen molar-refractivity contribution in [3.8, 4) is 50.6 Å². The van der Waals surface area contributed by atoms with Crippen LogP contribution in [0.4, 0.5) is 17.1 Å². The van der Waals surface area contributed by atoms with Crippen LogP contribution in [0.3, 0.4) is 0 Å². The summed E-state index contributed by atoms with van der Waals surface area (Å²) in [5.74, 6) is 1.67. The van der Waals surface area contributed by atoms with Crippen LogP contribution in [-0.2, 0) is 0 Å². The number of nitrogens with zero attached hydrogens (tertiary/aromatic N) is 2. The van der Waals surface area contributed by atoms with E-state index in [1.807, 2.05) is 12.1 Å². The van der Waals surface area contributed by atoms with Crippen LogP contribution in [0.5, 0.6) is 11.5 Å². The first-order chi connectivity index (χ1) is 25.3. The molecular formula is C48H32N2O. The fraction of sp³-hybridized carbons (Fsp3) is 0. The second kappa shape index (κ2) is 11.9. The molecule has 8 aromatic carbocycles. The fourth-order valence-corrected chi connectivity index (χ4v) is 7.56. The SMILES string of the molecule is c1ccc(-c2cccc(-c3cccc(-c4cccc(-n5c6ccccc6c6cc7c(cc65)Oc5ccccc5N7c5ccccc5)c4)c3)c2)cc1. The molecule has 1 aliphatic rings. The van der Waals surface area contributed by atoms with Gasteiger partial charge in [0, 0.05) is 28.2 Å². The maximum atomic E-state index is 6.65. The summed E-state index contributed by atoms with van der Waals surface area (Å²) in [7, 11) is 0. The smallest absolute Gasteiger partial charge is 0.153 e. The van der Waals surface area contributed by atoms with Gasteiger partial charge in [0.05, 0.1) is 22.4 Å². The third-order valence-corrected chi connectivity index (χ3v) is 9.94. The Labute approximate surface area is 296 Å². The number of benzene rings is 8. The van der Waals surface area contributed by atoms with E-state index in [0.717, 1.165) is 50.8 Å². The molecule has 0 unspecified atom stereocenters. The van der Waals surface area contributed by atoms with E-state index in [-0.39, 0.29) is 0 Å². The molecule has 3 nitrogen and oxygen atoms in total. The zero-order valence-corrected chi connectivity index (χ0v) is 27.8. The van der Waals surface area contributed by atoms with Gasteiger partial charge in [-0.3, -0.25) is 0 Å². The van der Waals surface area contributed by atoms with Crippen molar-refractivity contribution in [2.24, 2.45) is 0 Å². The number of rotatable bonds is 5. The first-order valence-electron chi connectivity index (χ1n) is 17.3. The predicted molar refractivity (Wildman–Crippen MR) is 212 cm³/mol. The van der Waals surface area contributed by atoms with Gasteiger partial charge >= 0.3 is 0 Å². The van der Waals surface area contributed by atoms with Crippen LogP contribution in [-0.4, -0.2) is 4.57 Å². The summed E-state index contributed by atoms with van der Waals surface area (Å²) < 4.78 is 9.03. The molecule has 0 amide bonds. The van der Waals surface area contributed by atoms with Crippen molar-refractivity contribution < 1.29 is 4.74 Å². The Kier molecular flexibility index (Phi) is 6.81. The highest BCUT2D eigenvalue weighted by Gasteiger charge is 2.27. The van der Waals surface area contributed by atoms with Gasteiger partial charge in [0.15, 0.2) is 11.5 Å². The lowest BCUT2D eigenvalue weighted by Gasteiger charge is -2.33. The second-order valence-electron chi connectivity index (χ2n) is 13.0. The molecular weight excluding hydrogens is 621 g/mol. The van der Waals surface area contributed by atoms with Gasteiger partial charge in [0.1, 0.15) is 0 Å². The van der Waals surface area contributed by atoms with Crippen LogP contribution in [0, 0.1) is 0 Å². The molecule has 0 aliphatic carbocycles. The quantitative estimate of drug-likeness (QED) is 0.184. The van der Waals surface area contributed by atoms with Gasteiger partial charge < -0.3 is 14.2 Å². The van der Waals surface area contributed by atoms with Crippen LogP contribution in [0.25, 0.3) is 60.9 Å². The highest BCUT2D eigenvalue weighted by atomic mass is 16.5. The van der Waals surface area contributed by atoms with Crippen molar-refractivity contribution >= 4 is 38.9 Å². The summed E-state index contributed by atoms with van der Waals surface area (Å²) in [5.41, 5.74) is 13.7. The molecule has 51 heavy (non-hydrogen) atoms. The molecule has 0 radical (unpaired) electrons. The van der Waals surface area contributed by atoms with Crippen LogP contribution in [0.1, 0.15) is 0 Å². The zero-order valence-electron chi connectivity index (χ0n) is 27.8. The summed E-state index contributed by atoms with van der Waals surface area (Å²) >= 11 is 0. The van der Waals surface area contributed by atoms with Crippen molar-refractivity contribution in [3.05, 3.63) is 194 Å². The lowest BCUT2D eigenvalue weighted by atomic mass is 9.96. The normalized spacial score (nSPS) is 12.0. The molecule has 0 bridgehead atoms. The molecule has 1 aromatic heterocycles. The van der Waals surface area contributed by atoms with Crippen LogP contribution < -0.4 is 9.64 Å². The van der Waals surface area contributed by atoms with E-state index in [0.29, 0.717) is 0 Å². The number of anilines is 3. The molecule has 0 atom stereocenters. The zero-order chi connectivity index (χ0) is 33.7.